The molecule has 5 heteroatoms. The lowest BCUT2D eigenvalue weighted by Gasteiger charge is -2.36. The first-order valence-electron chi connectivity index (χ1n) is 14.7. The second-order valence-electron chi connectivity index (χ2n) is 12.2. The van der Waals surface area contributed by atoms with Crippen LogP contribution >= 0.6 is 0 Å². The summed E-state index contributed by atoms with van der Waals surface area (Å²) in [7, 11) is -0.198. The lowest BCUT2D eigenvalue weighted by atomic mass is 10.1. The fraction of sp³-hybridized carbons (Fsp3) is 0.719. The Labute approximate surface area is 229 Å². The largest absolute Gasteiger partial charge is 0.497 e. The predicted octanol–water partition coefficient (Wildman–Crippen LogP) is 8.15. The van der Waals surface area contributed by atoms with Gasteiger partial charge < -0.3 is 9.16 Å². The van der Waals surface area contributed by atoms with Crippen LogP contribution in [0.3, 0.4) is 0 Å². The van der Waals surface area contributed by atoms with Crippen molar-refractivity contribution < 1.29 is 14.0 Å². The van der Waals surface area contributed by atoms with E-state index in [1.807, 2.05) is 12.1 Å². The molecule has 0 N–H and O–H groups in total. The molecule has 2 rings (SSSR count). The minimum Gasteiger partial charge on any atom is -0.497 e. The first-order chi connectivity index (χ1) is 17.6. The molecule has 0 aliphatic carbocycles. The van der Waals surface area contributed by atoms with E-state index in [4.69, 9.17) is 9.16 Å². The maximum atomic E-state index is 13.0. The van der Waals surface area contributed by atoms with Gasteiger partial charge >= 0.3 is 0 Å². The zero-order chi connectivity index (χ0) is 27.3. The standard InChI is InChI=1S/C32H53NO3Si/c1-8-9-10-11-12-13-14-15-16-17-18-19-20-30(34)31-29(26-36-37(6,7)32(2,3)4)33(31)25-27-21-23-28(35-5)24-22-27/h21-24,29,31H,8-18,25-26H2,1-7H3. The summed E-state index contributed by atoms with van der Waals surface area (Å²) in [5, 5.41) is 0.150. The summed E-state index contributed by atoms with van der Waals surface area (Å²) in [6.07, 6.45) is 14.0. The Balaban J connectivity index is 1.82. The van der Waals surface area contributed by atoms with Crippen LogP contribution in [0.5, 0.6) is 5.75 Å². The van der Waals surface area contributed by atoms with Crippen molar-refractivity contribution in [2.45, 2.75) is 135 Å². The lowest BCUT2D eigenvalue weighted by molar-refractivity contribution is -0.114. The number of carbonyl (C=O) groups is 1. The Morgan fingerprint density at radius 2 is 1.51 bits per heavy atom. The summed E-state index contributed by atoms with van der Waals surface area (Å²) in [6.45, 7) is 14.9. The highest BCUT2D eigenvalue weighted by atomic mass is 28.4. The number of hydrogen-bond donors (Lipinski definition) is 0. The Bertz CT molecular complexity index is 863. The van der Waals surface area contributed by atoms with E-state index in [1.165, 1.54) is 63.4 Å². The highest BCUT2D eigenvalue weighted by molar-refractivity contribution is 6.74. The average Bonchev–Trinajstić information content (AvgIpc) is 3.55. The summed E-state index contributed by atoms with van der Waals surface area (Å²) in [4.78, 5) is 15.3. The van der Waals surface area contributed by atoms with Gasteiger partial charge in [-0.1, -0.05) is 104 Å². The van der Waals surface area contributed by atoms with Crippen LogP contribution in [-0.2, 0) is 15.8 Å². The van der Waals surface area contributed by atoms with Crippen LogP contribution in [0, 0.1) is 11.8 Å². The van der Waals surface area contributed by atoms with Gasteiger partial charge in [0, 0.05) is 13.0 Å². The highest BCUT2D eigenvalue weighted by Gasteiger charge is 2.52. The molecule has 1 aliphatic rings. The molecule has 1 aromatic carbocycles. The van der Waals surface area contributed by atoms with Crippen molar-refractivity contribution in [1.82, 2.24) is 4.90 Å². The number of benzene rings is 1. The molecule has 0 bridgehead atoms. The Kier molecular flexibility index (Phi) is 13.4. The monoisotopic (exact) mass is 527 g/mol. The summed E-state index contributed by atoms with van der Waals surface area (Å²) in [5.74, 6) is 7.04. The van der Waals surface area contributed by atoms with Gasteiger partial charge in [-0.15, -0.1) is 0 Å². The summed E-state index contributed by atoms with van der Waals surface area (Å²) >= 11 is 0. The van der Waals surface area contributed by atoms with E-state index in [2.05, 4.69) is 69.7 Å². The number of ether oxygens (including phenoxy) is 1. The third-order valence-corrected chi connectivity index (χ3v) is 12.6. The Morgan fingerprint density at radius 1 is 0.946 bits per heavy atom. The van der Waals surface area contributed by atoms with Gasteiger partial charge in [0.2, 0.25) is 5.78 Å². The molecule has 0 radical (unpaired) electrons. The fourth-order valence-corrected chi connectivity index (χ4v) is 5.46. The number of nitrogens with zero attached hydrogens (tertiary/aromatic N) is 1. The Morgan fingerprint density at radius 3 is 2.05 bits per heavy atom. The zero-order valence-electron chi connectivity index (χ0n) is 24.8. The van der Waals surface area contributed by atoms with Gasteiger partial charge in [-0.3, -0.25) is 9.69 Å². The fourth-order valence-electron chi connectivity index (χ4n) is 4.44. The van der Waals surface area contributed by atoms with Gasteiger partial charge in [-0.05, 0) is 48.2 Å². The van der Waals surface area contributed by atoms with E-state index in [0.717, 1.165) is 25.1 Å². The number of ketones is 1. The van der Waals surface area contributed by atoms with E-state index >= 15 is 0 Å². The minimum absolute atomic E-state index is 0.0458. The van der Waals surface area contributed by atoms with Gasteiger partial charge in [-0.2, -0.15) is 0 Å². The van der Waals surface area contributed by atoms with Crippen molar-refractivity contribution in [2.24, 2.45) is 0 Å². The van der Waals surface area contributed by atoms with Crippen LogP contribution in [0.15, 0.2) is 24.3 Å². The number of Topliss-reactive ketones (excluding diaryl/α,β-unsaturated/α-hetero) is 1. The molecule has 1 saturated heterocycles. The number of hydrogen-bond acceptors (Lipinski definition) is 4. The lowest BCUT2D eigenvalue weighted by Crippen LogP contribution is -2.42. The second kappa shape index (κ2) is 15.7. The van der Waals surface area contributed by atoms with Gasteiger partial charge in [0.05, 0.1) is 25.8 Å². The van der Waals surface area contributed by atoms with Gasteiger partial charge in [0.25, 0.3) is 0 Å². The van der Waals surface area contributed by atoms with Crippen LogP contribution < -0.4 is 4.74 Å². The molecule has 3 unspecified atom stereocenters. The minimum atomic E-state index is -1.88. The number of unbranched alkanes of at least 4 members (excludes halogenated alkanes) is 10. The van der Waals surface area contributed by atoms with Crippen LogP contribution in [0.25, 0.3) is 0 Å². The maximum Gasteiger partial charge on any atom is 0.224 e. The van der Waals surface area contributed by atoms with Crippen molar-refractivity contribution in [2.75, 3.05) is 13.7 Å². The molecular weight excluding hydrogens is 474 g/mol. The average molecular weight is 528 g/mol. The molecule has 3 atom stereocenters. The molecule has 1 fully saturated rings. The van der Waals surface area contributed by atoms with E-state index in [-0.39, 0.29) is 22.9 Å². The molecule has 1 aromatic rings. The van der Waals surface area contributed by atoms with Crippen LogP contribution in [0.2, 0.25) is 18.1 Å². The van der Waals surface area contributed by atoms with E-state index in [9.17, 15) is 4.79 Å². The summed E-state index contributed by atoms with van der Waals surface area (Å²) in [6, 6.07) is 8.04. The molecule has 0 amide bonds. The molecule has 37 heavy (non-hydrogen) atoms. The van der Waals surface area contributed by atoms with Crippen LogP contribution in [0.4, 0.5) is 0 Å². The highest BCUT2D eigenvalue weighted by Crippen LogP contribution is 2.39. The van der Waals surface area contributed by atoms with Crippen molar-refractivity contribution in [3.63, 3.8) is 0 Å². The SMILES string of the molecule is CCCCCCCCCCCCC#CC(=O)C1C(CO[Si](C)(C)C(C)(C)C)N1Cc1ccc(OC)cc1. The molecule has 0 spiro atoms. The van der Waals surface area contributed by atoms with Crippen molar-refractivity contribution in [3.05, 3.63) is 29.8 Å². The van der Waals surface area contributed by atoms with Crippen LogP contribution in [0.1, 0.15) is 104 Å². The normalized spacial score (nSPS) is 19.3. The number of carbonyl (C=O) groups excluding carboxylic acids is 1. The number of methoxy groups -OCH3 is 1. The third-order valence-electron chi connectivity index (χ3n) is 8.14. The smallest absolute Gasteiger partial charge is 0.224 e. The van der Waals surface area contributed by atoms with Gasteiger partial charge in [0.1, 0.15) is 5.75 Å². The Hall–Kier alpha value is -1.61. The van der Waals surface area contributed by atoms with Crippen LogP contribution in [-0.4, -0.2) is 44.8 Å². The summed E-state index contributed by atoms with van der Waals surface area (Å²) < 4.78 is 11.8. The van der Waals surface area contributed by atoms with E-state index in [0.29, 0.717) is 6.61 Å². The molecule has 4 nitrogen and oxygen atoms in total. The van der Waals surface area contributed by atoms with E-state index in [1.54, 1.807) is 7.11 Å². The molecule has 1 aliphatic heterocycles. The van der Waals surface area contributed by atoms with E-state index < -0.39 is 8.32 Å². The first-order valence-corrected chi connectivity index (χ1v) is 17.6. The molecule has 0 aromatic heterocycles. The molecule has 1 heterocycles. The maximum absolute atomic E-state index is 13.0. The van der Waals surface area contributed by atoms with Gasteiger partial charge in [-0.25, -0.2) is 0 Å². The van der Waals surface area contributed by atoms with Crippen molar-refractivity contribution in [3.8, 4) is 17.6 Å². The quantitative estimate of drug-likeness (QED) is 0.0673. The molecule has 208 valence electrons. The first kappa shape index (κ1) is 31.6. The van der Waals surface area contributed by atoms with Crippen molar-refractivity contribution in [1.29, 1.82) is 0 Å². The topological polar surface area (TPSA) is 38.5 Å². The predicted molar refractivity (Wildman–Crippen MR) is 159 cm³/mol. The second-order valence-corrected chi connectivity index (χ2v) is 17.0. The summed E-state index contributed by atoms with van der Waals surface area (Å²) in [5.41, 5.74) is 1.17. The van der Waals surface area contributed by atoms with Gasteiger partial charge in [0.15, 0.2) is 8.32 Å². The molecule has 0 saturated carbocycles. The molecular formula is C32H53NO3Si. The number of rotatable bonds is 17. The zero-order valence-corrected chi connectivity index (χ0v) is 25.8. The van der Waals surface area contributed by atoms with Crippen molar-refractivity contribution >= 4 is 14.1 Å². The third kappa shape index (κ3) is 11.0.